The van der Waals surface area contributed by atoms with Crippen LogP contribution in [0.2, 0.25) is 0 Å². The average Bonchev–Trinajstić information content (AvgIpc) is 3.20. The lowest BCUT2D eigenvalue weighted by Gasteiger charge is -2.26. The van der Waals surface area contributed by atoms with Crippen LogP contribution in [-0.2, 0) is 17.8 Å². The normalized spacial score (nSPS) is 14.5. The van der Waals surface area contributed by atoms with Crippen molar-refractivity contribution in [1.82, 2.24) is 24.4 Å². The number of anilines is 1. The number of morpholine rings is 1. The maximum atomic E-state index is 12.2. The fourth-order valence-corrected chi connectivity index (χ4v) is 4.58. The molecule has 3 heterocycles. The molecule has 0 bridgehead atoms. The Labute approximate surface area is 204 Å². The van der Waals surface area contributed by atoms with Gasteiger partial charge in [-0.2, -0.15) is 0 Å². The minimum atomic E-state index is -0.115. The van der Waals surface area contributed by atoms with Crippen molar-refractivity contribution in [2.45, 2.75) is 32.9 Å². The van der Waals surface area contributed by atoms with Crippen LogP contribution in [-0.4, -0.2) is 63.9 Å². The number of aromatic amines is 1. The van der Waals surface area contributed by atoms with E-state index in [0.29, 0.717) is 19.7 Å². The van der Waals surface area contributed by atoms with Crippen molar-refractivity contribution in [2.24, 2.45) is 0 Å². The lowest BCUT2D eigenvalue weighted by molar-refractivity contribution is 0.0368. The Morgan fingerprint density at radius 1 is 1.14 bits per heavy atom. The highest BCUT2D eigenvalue weighted by Crippen LogP contribution is 2.26. The van der Waals surface area contributed by atoms with Gasteiger partial charge in [-0.1, -0.05) is 18.2 Å². The Bertz CT molecular complexity index is 1340. The molecule has 0 amide bonds. The number of hydrogen-bond acceptors (Lipinski definition) is 7. The summed E-state index contributed by atoms with van der Waals surface area (Å²) >= 11 is 0. The highest BCUT2D eigenvalue weighted by Gasteiger charge is 2.12. The van der Waals surface area contributed by atoms with Gasteiger partial charge in [0.1, 0.15) is 17.9 Å². The number of benzene rings is 2. The van der Waals surface area contributed by atoms with E-state index in [2.05, 4.69) is 31.2 Å². The van der Waals surface area contributed by atoms with Crippen LogP contribution in [0.1, 0.15) is 25.3 Å². The van der Waals surface area contributed by atoms with Crippen molar-refractivity contribution in [3.05, 3.63) is 58.8 Å². The average molecular weight is 477 g/mol. The molecule has 0 aliphatic carbocycles. The predicted octanol–water partition coefficient (Wildman–Crippen LogP) is 3.40. The summed E-state index contributed by atoms with van der Waals surface area (Å²) in [5.41, 5.74) is 3.38. The third-order valence-corrected chi connectivity index (χ3v) is 6.50. The molecule has 0 atom stereocenters. The molecule has 0 radical (unpaired) electrons. The molecule has 9 heteroatoms. The van der Waals surface area contributed by atoms with Gasteiger partial charge < -0.3 is 19.8 Å². The van der Waals surface area contributed by atoms with Crippen LogP contribution in [0.5, 0.6) is 5.75 Å². The molecule has 2 aromatic carbocycles. The van der Waals surface area contributed by atoms with E-state index in [4.69, 9.17) is 9.47 Å². The van der Waals surface area contributed by atoms with E-state index in [0.717, 1.165) is 84.8 Å². The third kappa shape index (κ3) is 5.31. The SMILES string of the molecule is CCn1c(=O)[nH]c2cc3c(NCc4ccccc4OCCCCN4CCOCC4)ncnc3cc21. The summed E-state index contributed by atoms with van der Waals surface area (Å²) in [6.07, 6.45) is 3.68. The zero-order valence-electron chi connectivity index (χ0n) is 20.1. The first kappa shape index (κ1) is 23.3. The molecule has 2 aromatic heterocycles. The van der Waals surface area contributed by atoms with E-state index < -0.39 is 0 Å². The summed E-state index contributed by atoms with van der Waals surface area (Å²) in [4.78, 5) is 26.5. The second-order valence-corrected chi connectivity index (χ2v) is 8.75. The Balaban J connectivity index is 1.23. The van der Waals surface area contributed by atoms with Crippen LogP contribution in [0.25, 0.3) is 21.9 Å². The number of para-hydroxylation sites is 1. The lowest BCUT2D eigenvalue weighted by atomic mass is 10.1. The molecule has 0 unspecified atom stereocenters. The molecule has 1 fully saturated rings. The number of unbranched alkanes of at least 4 members (excludes halogenated alkanes) is 1. The number of aromatic nitrogens is 4. The molecule has 35 heavy (non-hydrogen) atoms. The van der Waals surface area contributed by atoms with Gasteiger partial charge in [-0.3, -0.25) is 9.47 Å². The Kier molecular flexibility index (Phi) is 7.25. The summed E-state index contributed by atoms with van der Waals surface area (Å²) < 4.78 is 13.2. The van der Waals surface area contributed by atoms with Crippen molar-refractivity contribution in [3.8, 4) is 5.75 Å². The monoisotopic (exact) mass is 476 g/mol. The minimum Gasteiger partial charge on any atom is -0.493 e. The van der Waals surface area contributed by atoms with Crippen molar-refractivity contribution < 1.29 is 9.47 Å². The summed E-state index contributed by atoms with van der Waals surface area (Å²) in [7, 11) is 0. The van der Waals surface area contributed by atoms with E-state index in [1.807, 2.05) is 37.3 Å². The van der Waals surface area contributed by atoms with Crippen LogP contribution in [0.3, 0.4) is 0 Å². The Morgan fingerprint density at radius 2 is 2.00 bits per heavy atom. The van der Waals surface area contributed by atoms with Gasteiger partial charge in [0, 0.05) is 37.1 Å². The second kappa shape index (κ2) is 10.9. The molecular formula is C26H32N6O3. The van der Waals surface area contributed by atoms with Gasteiger partial charge in [-0.15, -0.1) is 0 Å². The van der Waals surface area contributed by atoms with Gasteiger partial charge in [-0.05, 0) is 44.5 Å². The van der Waals surface area contributed by atoms with Gasteiger partial charge in [-0.25, -0.2) is 14.8 Å². The Hall–Kier alpha value is -3.43. The molecule has 184 valence electrons. The number of imidazole rings is 1. The summed E-state index contributed by atoms with van der Waals surface area (Å²) in [5.74, 6) is 1.61. The van der Waals surface area contributed by atoms with Crippen LogP contribution >= 0.6 is 0 Å². The lowest BCUT2D eigenvalue weighted by Crippen LogP contribution is -2.36. The molecule has 1 aliphatic rings. The quantitative estimate of drug-likeness (QED) is 0.339. The molecule has 5 rings (SSSR count). The minimum absolute atomic E-state index is 0.115. The van der Waals surface area contributed by atoms with Crippen molar-refractivity contribution in [3.63, 3.8) is 0 Å². The number of nitrogens with one attached hydrogen (secondary N) is 2. The first-order valence-electron chi connectivity index (χ1n) is 12.3. The molecule has 0 saturated carbocycles. The second-order valence-electron chi connectivity index (χ2n) is 8.75. The summed E-state index contributed by atoms with van der Waals surface area (Å²) in [6.45, 7) is 8.65. The smallest absolute Gasteiger partial charge is 0.326 e. The van der Waals surface area contributed by atoms with E-state index in [1.165, 1.54) is 0 Å². The van der Waals surface area contributed by atoms with Crippen molar-refractivity contribution in [2.75, 3.05) is 44.8 Å². The van der Waals surface area contributed by atoms with Crippen LogP contribution in [0.4, 0.5) is 5.82 Å². The van der Waals surface area contributed by atoms with E-state index >= 15 is 0 Å². The van der Waals surface area contributed by atoms with Gasteiger partial charge in [0.15, 0.2) is 0 Å². The molecule has 2 N–H and O–H groups in total. The zero-order valence-corrected chi connectivity index (χ0v) is 20.1. The van der Waals surface area contributed by atoms with E-state index in [-0.39, 0.29) is 5.69 Å². The van der Waals surface area contributed by atoms with Crippen molar-refractivity contribution in [1.29, 1.82) is 0 Å². The summed E-state index contributed by atoms with van der Waals surface area (Å²) in [5, 5.41) is 4.31. The first-order valence-corrected chi connectivity index (χ1v) is 12.3. The van der Waals surface area contributed by atoms with Crippen LogP contribution in [0.15, 0.2) is 47.5 Å². The first-order chi connectivity index (χ1) is 17.2. The zero-order chi connectivity index (χ0) is 24.0. The highest BCUT2D eigenvalue weighted by atomic mass is 16.5. The van der Waals surface area contributed by atoms with Crippen LogP contribution in [0, 0.1) is 0 Å². The predicted molar refractivity (Wildman–Crippen MR) is 137 cm³/mol. The molecule has 0 spiro atoms. The molecular weight excluding hydrogens is 444 g/mol. The number of fused-ring (bicyclic) bond motifs is 2. The van der Waals surface area contributed by atoms with E-state index in [9.17, 15) is 4.79 Å². The molecule has 4 aromatic rings. The molecule has 1 aliphatic heterocycles. The number of nitrogens with zero attached hydrogens (tertiary/aromatic N) is 4. The van der Waals surface area contributed by atoms with Gasteiger partial charge in [0.05, 0.1) is 36.4 Å². The van der Waals surface area contributed by atoms with Crippen LogP contribution < -0.4 is 15.7 Å². The van der Waals surface area contributed by atoms with Gasteiger partial charge >= 0.3 is 5.69 Å². The highest BCUT2D eigenvalue weighted by molar-refractivity contribution is 5.98. The Morgan fingerprint density at radius 3 is 2.86 bits per heavy atom. The fourth-order valence-electron chi connectivity index (χ4n) is 4.58. The number of ether oxygens (including phenoxy) is 2. The largest absolute Gasteiger partial charge is 0.493 e. The molecule has 1 saturated heterocycles. The number of H-pyrrole nitrogens is 1. The standard InChI is InChI=1S/C26H32N6O3/c1-2-32-23-16-21-20(15-22(23)30-26(32)33)25(29-18-28-21)27-17-19-7-3-4-8-24(19)35-12-6-5-9-31-10-13-34-14-11-31/h3-4,7-8,15-16,18H,2,5-6,9-14,17H2,1H3,(H,30,33)(H,27,28,29). The fraction of sp³-hybridized carbons (Fsp3) is 0.423. The number of hydrogen-bond donors (Lipinski definition) is 2. The number of rotatable bonds is 10. The van der Waals surface area contributed by atoms with Crippen molar-refractivity contribution >= 4 is 27.8 Å². The van der Waals surface area contributed by atoms with Gasteiger partial charge in [0.25, 0.3) is 0 Å². The third-order valence-electron chi connectivity index (χ3n) is 6.50. The molecule has 9 nitrogen and oxygen atoms in total. The maximum absolute atomic E-state index is 12.2. The number of aryl methyl sites for hydroxylation is 1. The van der Waals surface area contributed by atoms with E-state index in [1.54, 1.807) is 10.9 Å². The topological polar surface area (TPSA) is 97.3 Å². The van der Waals surface area contributed by atoms with Gasteiger partial charge in [0.2, 0.25) is 0 Å². The maximum Gasteiger partial charge on any atom is 0.326 e. The summed E-state index contributed by atoms with van der Waals surface area (Å²) in [6, 6.07) is 12.0.